The smallest absolute Gasteiger partial charge is 0.0997 e. The molecule has 2 aromatic heterocycles. The number of rotatable bonds is 0. The Morgan fingerprint density at radius 1 is 1.50 bits per heavy atom. The van der Waals surface area contributed by atoms with Gasteiger partial charge in [-0.1, -0.05) is 0 Å². The average Bonchev–Trinajstić information content (AvgIpc) is 2.81. The third-order valence-electron chi connectivity index (χ3n) is 3.21. The van der Waals surface area contributed by atoms with E-state index >= 15 is 0 Å². The Balaban J connectivity index is 2.24. The average molecular weight is 217 g/mol. The Labute approximate surface area is 98.7 Å². The van der Waals surface area contributed by atoms with Gasteiger partial charge in [0.2, 0.25) is 0 Å². The number of pyridine rings is 1. The van der Waals surface area contributed by atoms with Crippen LogP contribution in [0.2, 0.25) is 0 Å². The van der Waals surface area contributed by atoms with E-state index in [1.54, 1.807) is 18.6 Å². The summed E-state index contributed by atoms with van der Waals surface area (Å²) in [4.78, 5) is 6.20. The van der Waals surface area contributed by atoms with Crippen LogP contribution >= 0.6 is 0 Å². The highest BCUT2D eigenvalue weighted by Gasteiger charge is 2.28. The summed E-state index contributed by atoms with van der Waals surface area (Å²) in [6.07, 6.45) is 5.09. The van der Waals surface area contributed by atoms with E-state index in [0.717, 1.165) is 27.2 Å². The third-order valence-corrected chi connectivity index (χ3v) is 3.21. The van der Waals surface area contributed by atoms with Crippen LogP contribution in [0.4, 0.5) is 5.69 Å². The van der Waals surface area contributed by atoms with Gasteiger partial charge >= 0.3 is 0 Å². The van der Waals surface area contributed by atoms with Crippen molar-refractivity contribution in [2.24, 2.45) is 6.98 Å². The first-order chi connectivity index (χ1) is 8.89. The summed E-state index contributed by atoms with van der Waals surface area (Å²) in [5.41, 5.74) is 3.56. The van der Waals surface area contributed by atoms with E-state index in [-0.39, 0.29) is 6.04 Å². The van der Waals surface area contributed by atoms with Gasteiger partial charge in [-0.05, 0) is 13.0 Å². The van der Waals surface area contributed by atoms with Crippen molar-refractivity contribution in [3.63, 3.8) is 0 Å². The fourth-order valence-corrected chi connectivity index (χ4v) is 2.19. The van der Waals surface area contributed by atoms with E-state index in [4.69, 9.17) is 4.11 Å². The predicted molar refractivity (Wildman–Crippen MR) is 63.3 cm³/mol. The van der Waals surface area contributed by atoms with Gasteiger partial charge in [-0.15, -0.1) is 0 Å². The van der Waals surface area contributed by atoms with Crippen LogP contribution in [0.3, 0.4) is 0 Å². The van der Waals surface area contributed by atoms with Crippen LogP contribution in [-0.2, 0) is 6.98 Å². The lowest BCUT2D eigenvalue weighted by Gasteiger charge is -2.32. The standard InChI is InChI=1S/C12H14N4/c1-8-10-7-15(2)14-12(10)9-4-5-13-6-11(9)16(8)3/h4-8H,1-3H3/i2D3. The topological polar surface area (TPSA) is 34.0 Å². The zero-order chi connectivity index (χ0) is 13.8. The van der Waals surface area contributed by atoms with Crippen LogP contribution in [0.15, 0.2) is 24.7 Å². The molecule has 0 aromatic carbocycles. The lowest BCUT2D eigenvalue weighted by Crippen LogP contribution is -2.25. The summed E-state index contributed by atoms with van der Waals surface area (Å²) in [5, 5.41) is 4.25. The highest BCUT2D eigenvalue weighted by molar-refractivity contribution is 5.81. The molecule has 0 saturated heterocycles. The number of aromatic nitrogens is 3. The van der Waals surface area contributed by atoms with Crippen LogP contribution in [0, 0.1) is 0 Å². The highest BCUT2D eigenvalue weighted by Crippen LogP contribution is 2.41. The van der Waals surface area contributed by atoms with Crippen molar-refractivity contribution in [2.45, 2.75) is 13.0 Å². The molecule has 0 saturated carbocycles. The minimum atomic E-state index is -2.25. The van der Waals surface area contributed by atoms with Gasteiger partial charge in [0.1, 0.15) is 0 Å². The van der Waals surface area contributed by atoms with E-state index in [9.17, 15) is 0 Å². The molecular weight excluding hydrogens is 200 g/mol. The van der Waals surface area contributed by atoms with Crippen LogP contribution in [-0.4, -0.2) is 21.8 Å². The van der Waals surface area contributed by atoms with Gasteiger partial charge in [-0.3, -0.25) is 9.67 Å². The first-order valence-corrected chi connectivity index (χ1v) is 5.17. The molecule has 4 nitrogen and oxygen atoms in total. The molecule has 1 aliphatic rings. The molecule has 4 heteroatoms. The van der Waals surface area contributed by atoms with E-state index < -0.39 is 6.98 Å². The molecule has 0 N–H and O–H groups in total. The lowest BCUT2D eigenvalue weighted by atomic mass is 9.97. The third kappa shape index (κ3) is 1.10. The predicted octanol–water partition coefficient (Wildman–Crippen LogP) is 1.99. The Morgan fingerprint density at radius 3 is 3.19 bits per heavy atom. The Hall–Kier alpha value is -1.84. The molecule has 16 heavy (non-hydrogen) atoms. The van der Waals surface area contributed by atoms with E-state index in [2.05, 4.69) is 15.0 Å². The van der Waals surface area contributed by atoms with E-state index in [1.807, 2.05) is 20.0 Å². The minimum Gasteiger partial charge on any atom is -0.366 e. The molecule has 0 spiro atoms. The van der Waals surface area contributed by atoms with Crippen molar-refractivity contribution in [3.05, 3.63) is 30.2 Å². The Bertz CT molecular complexity index is 632. The number of hydrogen-bond acceptors (Lipinski definition) is 3. The molecular formula is C12H14N4. The van der Waals surface area contributed by atoms with Gasteiger partial charge in [-0.25, -0.2) is 0 Å². The largest absolute Gasteiger partial charge is 0.366 e. The maximum Gasteiger partial charge on any atom is 0.0997 e. The molecule has 1 aliphatic heterocycles. The summed E-state index contributed by atoms with van der Waals surface area (Å²) in [6.45, 7) is -0.219. The molecule has 0 fully saturated rings. The van der Waals surface area contributed by atoms with Crippen molar-refractivity contribution in [3.8, 4) is 11.3 Å². The minimum absolute atomic E-state index is 0.0720. The summed E-state index contributed by atoms with van der Waals surface area (Å²) in [5.74, 6) is 0. The first kappa shape index (κ1) is 6.68. The van der Waals surface area contributed by atoms with Gasteiger partial charge in [-0.2, -0.15) is 5.10 Å². The lowest BCUT2D eigenvalue weighted by molar-refractivity contribution is 0.728. The van der Waals surface area contributed by atoms with Gasteiger partial charge in [0.15, 0.2) is 0 Å². The molecule has 0 radical (unpaired) electrons. The normalized spacial score (nSPS) is 21.8. The fourth-order valence-electron chi connectivity index (χ4n) is 2.19. The van der Waals surface area contributed by atoms with Gasteiger partial charge in [0, 0.05) is 41.7 Å². The van der Waals surface area contributed by atoms with Crippen LogP contribution in [0.25, 0.3) is 11.3 Å². The maximum atomic E-state index is 7.46. The van der Waals surface area contributed by atoms with Gasteiger partial charge in [0.05, 0.1) is 23.6 Å². The van der Waals surface area contributed by atoms with Crippen LogP contribution in [0.1, 0.15) is 22.6 Å². The second kappa shape index (κ2) is 3.07. The highest BCUT2D eigenvalue weighted by atomic mass is 15.3. The molecule has 2 aromatic rings. The second-order valence-corrected chi connectivity index (χ2v) is 4.06. The molecule has 0 bridgehead atoms. The van der Waals surface area contributed by atoms with Crippen molar-refractivity contribution >= 4 is 5.69 Å². The van der Waals surface area contributed by atoms with E-state index in [0.29, 0.717) is 0 Å². The fraction of sp³-hybridized carbons (Fsp3) is 0.333. The molecule has 3 rings (SSSR count). The SMILES string of the molecule is [2H]C([2H])([2H])n1cc2c(n1)-c1ccncc1N(C)C2C. The maximum absolute atomic E-state index is 7.46. The van der Waals surface area contributed by atoms with Crippen LogP contribution < -0.4 is 4.90 Å². The van der Waals surface area contributed by atoms with Gasteiger partial charge in [0.25, 0.3) is 0 Å². The summed E-state index contributed by atoms with van der Waals surface area (Å²) in [7, 11) is 1.97. The summed E-state index contributed by atoms with van der Waals surface area (Å²) >= 11 is 0. The number of fused-ring (bicyclic) bond motifs is 3. The zero-order valence-corrected chi connectivity index (χ0v) is 9.18. The molecule has 1 unspecified atom stereocenters. The Kier molecular flexibility index (Phi) is 1.28. The first-order valence-electron chi connectivity index (χ1n) is 6.67. The van der Waals surface area contributed by atoms with Crippen molar-refractivity contribution in [2.75, 3.05) is 11.9 Å². The van der Waals surface area contributed by atoms with Crippen molar-refractivity contribution in [1.82, 2.24) is 14.8 Å². The quantitative estimate of drug-likeness (QED) is 0.676. The number of nitrogens with zero attached hydrogens (tertiary/aromatic N) is 4. The molecule has 82 valence electrons. The Morgan fingerprint density at radius 2 is 2.38 bits per heavy atom. The van der Waals surface area contributed by atoms with Crippen LogP contribution in [0.5, 0.6) is 0 Å². The van der Waals surface area contributed by atoms with E-state index in [1.165, 1.54) is 0 Å². The number of anilines is 1. The summed E-state index contributed by atoms with van der Waals surface area (Å²) in [6, 6.07) is 1.94. The number of aryl methyl sites for hydroxylation is 1. The molecule has 3 heterocycles. The summed E-state index contributed by atoms with van der Waals surface area (Å²) < 4.78 is 23.5. The second-order valence-electron chi connectivity index (χ2n) is 4.06. The zero-order valence-electron chi connectivity index (χ0n) is 12.2. The monoisotopic (exact) mass is 217 g/mol. The number of hydrogen-bond donors (Lipinski definition) is 0. The molecule has 0 amide bonds. The van der Waals surface area contributed by atoms with Gasteiger partial charge < -0.3 is 4.90 Å². The molecule has 0 aliphatic carbocycles. The molecule has 1 atom stereocenters. The van der Waals surface area contributed by atoms with Crippen molar-refractivity contribution < 1.29 is 4.11 Å². The van der Waals surface area contributed by atoms with Crippen molar-refractivity contribution in [1.29, 1.82) is 0 Å².